The maximum absolute atomic E-state index is 12.1. The Kier molecular flexibility index (Phi) is 5.49. The minimum atomic E-state index is -1.94. The molecule has 2 amide bonds. The predicted octanol–water partition coefficient (Wildman–Crippen LogP) is 0.135. The zero-order valence-electron chi connectivity index (χ0n) is 18.1. The molecule has 2 fully saturated rings. The summed E-state index contributed by atoms with van der Waals surface area (Å²) in [5.74, 6) is -3.66. The number of ether oxygens (including phenoxy) is 4. The lowest BCUT2D eigenvalue weighted by molar-refractivity contribution is -0.250. The molecule has 0 radical (unpaired) electrons. The molecule has 3 N–H and O–H groups in total. The van der Waals surface area contributed by atoms with Gasteiger partial charge in [-0.1, -0.05) is 0 Å². The summed E-state index contributed by atoms with van der Waals surface area (Å²) in [6.45, 7) is 2.54. The molecule has 4 atom stereocenters. The third-order valence-corrected chi connectivity index (χ3v) is 5.93. The third kappa shape index (κ3) is 3.45. The standard InChI is InChI=1S/C20H25N3O9/c1-9(24)23-14-7-22-13-5-11(18(28-3)29-4)6-15(31-10(2)25)16(13)12(8-30-19(21)26)20(27,32-22)17(14)23/h5-6,12,14,17-18,27H,7-8H2,1-4H3,(H2,21,26). The first kappa shape index (κ1) is 22.3. The number of carbonyl (C=O) groups is 3. The second kappa shape index (κ2) is 7.89. The highest BCUT2D eigenvalue weighted by atomic mass is 16.8. The van der Waals surface area contributed by atoms with Crippen LogP contribution in [0.5, 0.6) is 5.75 Å². The van der Waals surface area contributed by atoms with Gasteiger partial charge in [0.1, 0.15) is 18.4 Å². The number of primary amides is 1. The van der Waals surface area contributed by atoms with Gasteiger partial charge in [-0.25, -0.2) is 14.7 Å². The fraction of sp³-hybridized carbons (Fsp3) is 0.550. The van der Waals surface area contributed by atoms with E-state index < -0.39 is 36.1 Å². The van der Waals surface area contributed by atoms with Crippen molar-refractivity contribution in [1.29, 1.82) is 0 Å². The van der Waals surface area contributed by atoms with Gasteiger partial charge in [0.05, 0.1) is 24.2 Å². The highest BCUT2D eigenvalue weighted by Gasteiger charge is 2.71. The van der Waals surface area contributed by atoms with Crippen LogP contribution in [-0.2, 0) is 28.6 Å². The summed E-state index contributed by atoms with van der Waals surface area (Å²) >= 11 is 0. The van der Waals surface area contributed by atoms with Gasteiger partial charge in [-0.05, 0) is 12.1 Å². The van der Waals surface area contributed by atoms with Gasteiger partial charge >= 0.3 is 12.1 Å². The molecule has 3 aliphatic heterocycles. The molecule has 2 saturated heterocycles. The van der Waals surface area contributed by atoms with Crippen LogP contribution in [-0.4, -0.2) is 73.2 Å². The molecule has 12 heteroatoms. The van der Waals surface area contributed by atoms with Crippen LogP contribution in [0.3, 0.4) is 0 Å². The normalized spacial score (nSPS) is 27.5. The number of rotatable bonds is 6. The molecule has 0 aliphatic carbocycles. The SMILES string of the molecule is COC(OC)c1cc(OC(C)=O)c2c(c1)N1CC3C(N3C(C)=O)C(O)(O1)C2COC(N)=O. The lowest BCUT2D eigenvalue weighted by Gasteiger charge is -2.47. The third-order valence-electron chi connectivity index (χ3n) is 5.93. The van der Waals surface area contributed by atoms with E-state index in [9.17, 15) is 19.5 Å². The van der Waals surface area contributed by atoms with E-state index >= 15 is 0 Å². The highest BCUT2D eigenvalue weighted by molar-refractivity contribution is 5.79. The van der Waals surface area contributed by atoms with Crippen molar-refractivity contribution in [2.45, 2.75) is 43.9 Å². The minimum absolute atomic E-state index is 0.113. The van der Waals surface area contributed by atoms with Crippen molar-refractivity contribution in [3.05, 3.63) is 23.3 Å². The van der Waals surface area contributed by atoms with E-state index in [-0.39, 0.29) is 30.9 Å². The molecule has 0 spiro atoms. The summed E-state index contributed by atoms with van der Waals surface area (Å²) in [5.41, 5.74) is 6.51. The molecule has 12 nitrogen and oxygen atoms in total. The van der Waals surface area contributed by atoms with Crippen molar-refractivity contribution in [2.75, 3.05) is 32.4 Å². The van der Waals surface area contributed by atoms with Gasteiger partial charge in [0.2, 0.25) is 11.7 Å². The fourth-order valence-electron chi connectivity index (χ4n) is 4.73. The predicted molar refractivity (Wildman–Crippen MR) is 106 cm³/mol. The first-order valence-corrected chi connectivity index (χ1v) is 9.94. The summed E-state index contributed by atoms with van der Waals surface area (Å²) < 4.78 is 21.2. The van der Waals surface area contributed by atoms with E-state index in [0.29, 0.717) is 16.8 Å². The molecular formula is C20H25N3O9. The van der Waals surface area contributed by atoms with Crippen LogP contribution in [0.15, 0.2) is 12.1 Å². The molecule has 2 bridgehead atoms. The molecular weight excluding hydrogens is 426 g/mol. The summed E-state index contributed by atoms with van der Waals surface area (Å²) in [5, 5.41) is 13.0. The van der Waals surface area contributed by atoms with Crippen molar-refractivity contribution in [3.63, 3.8) is 0 Å². The zero-order chi connectivity index (χ0) is 23.4. The molecule has 174 valence electrons. The fourth-order valence-corrected chi connectivity index (χ4v) is 4.73. The number of amides is 2. The van der Waals surface area contributed by atoms with Gasteiger partial charge in [0.15, 0.2) is 6.29 Å². The second-order valence-corrected chi connectivity index (χ2v) is 7.87. The minimum Gasteiger partial charge on any atom is -0.449 e. The van der Waals surface area contributed by atoms with Crippen LogP contribution in [0.25, 0.3) is 0 Å². The Morgan fingerprint density at radius 1 is 1.28 bits per heavy atom. The summed E-state index contributed by atoms with van der Waals surface area (Å²) in [6, 6.07) is 2.28. The van der Waals surface area contributed by atoms with Crippen LogP contribution >= 0.6 is 0 Å². The van der Waals surface area contributed by atoms with Gasteiger partial charge < -0.3 is 34.7 Å². The molecule has 3 heterocycles. The van der Waals surface area contributed by atoms with Crippen LogP contribution in [0.2, 0.25) is 0 Å². The highest BCUT2D eigenvalue weighted by Crippen LogP contribution is 2.57. The number of hydrogen-bond acceptors (Lipinski definition) is 10. The van der Waals surface area contributed by atoms with Gasteiger partial charge in [0, 0.05) is 39.2 Å². The maximum atomic E-state index is 12.1. The Morgan fingerprint density at radius 2 is 1.97 bits per heavy atom. The lowest BCUT2D eigenvalue weighted by Crippen LogP contribution is -2.59. The smallest absolute Gasteiger partial charge is 0.404 e. The van der Waals surface area contributed by atoms with Crippen LogP contribution in [0.4, 0.5) is 10.5 Å². The number of hydroxylamine groups is 1. The topological polar surface area (TPSA) is 150 Å². The summed E-state index contributed by atoms with van der Waals surface area (Å²) in [7, 11) is 2.91. The largest absolute Gasteiger partial charge is 0.449 e. The Balaban J connectivity index is 1.89. The van der Waals surface area contributed by atoms with Crippen molar-refractivity contribution < 1.29 is 43.3 Å². The monoisotopic (exact) mass is 451 g/mol. The maximum Gasteiger partial charge on any atom is 0.404 e. The Hall–Kier alpha value is -2.93. The van der Waals surface area contributed by atoms with E-state index in [1.54, 1.807) is 12.1 Å². The first-order chi connectivity index (χ1) is 15.1. The number of aliphatic hydroxyl groups is 1. The number of esters is 1. The number of fused-ring (bicyclic) bond motifs is 6. The lowest BCUT2D eigenvalue weighted by atomic mass is 9.82. The number of benzene rings is 1. The van der Waals surface area contributed by atoms with E-state index in [1.807, 2.05) is 0 Å². The van der Waals surface area contributed by atoms with Crippen LogP contribution in [0.1, 0.15) is 37.2 Å². The average Bonchev–Trinajstić information content (AvgIpc) is 3.44. The Bertz CT molecular complexity index is 966. The van der Waals surface area contributed by atoms with Gasteiger partial charge in [-0.2, -0.15) is 0 Å². The molecule has 32 heavy (non-hydrogen) atoms. The first-order valence-electron chi connectivity index (χ1n) is 9.94. The van der Waals surface area contributed by atoms with E-state index in [1.165, 1.54) is 38.0 Å². The van der Waals surface area contributed by atoms with E-state index in [0.717, 1.165) is 0 Å². The number of anilines is 1. The number of nitrogens with zero attached hydrogens (tertiary/aromatic N) is 2. The number of hydrogen-bond donors (Lipinski definition) is 2. The summed E-state index contributed by atoms with van der Waals surface area (Å²) in [4.78, 5) is 42.8. The number of carbonyl (C=O) groups excluding carboxylic acids is 3. The Morgan fingerprint density at radius 3 is 2.53 bits per heavy atom. The van der Waals surface area contributed by atoms with Gasteiger partial charge in [0.25, 0.3) is 0 Å². The molecule has 1 aromatic carbocycles. The molecule has 3 aliphatic rings. The van der Waals surface area contributed by atoms with Gasteiger partial charge in [-0.3, -0.25) is 9.59 Å². The molecule has 1 aromatic rings. The number of methoxy groups -OCH3 is 2. The van der Waals surface area contributed by atoms with E-state index in [2.05, 4.69) is 0 Å². The number of nitrogens with two attached hydrogens (primary N) is 1. The molecule has 0 aromatic heterocycles. The van der Waals surface area contributed by atoms with Crippen LogP contribution < -0.4 is 15.5 Å². The van der Waals surface area contributed by atoms with Gasteiger partial charge in [-0.15, -0.1) is 0 Å². The average molecular weight is 451 g/mol. The van der Waals surface area contributed by atoms with Crippen LogP contribution in [0, 0.1) is 0 Å². The van der Waals surface area contributed by atoms with Crippen molar-refractivity contribution in [2.24, 2.45) is 5.73 Å². The summed E-state index contributed by atoms with van der Waals surface area (Å²) in [6.07, 6.45) is -1.82. The van der Waals surface area contributed by atoms with Crippen molar-refractivity contribution in [1.82, 2.24) is 4.90 Å². The molecule has 4 unspecified atom stereocenters. The van der Waals surface area contributed by atoms with E-state index in [4.69, 9.17) is 29.5 Å². The Labute approximate surface area is 183 Å². The second-order valence-electron chi connectivity index (χ2n) is 7.87. The quantitative estimate of drug-likeness (QED) is 0.264. The molecule has 0 saturated carbocycles. The van der Waals surface area contributed by atoms with Crippen molar-refractivity contribution >= 4 is 23.7 Å². The van der Waals surface area contributed by atoms with Crippen molar-refractivity contribution in [3.8, 4) is 5.75 Å². The zero-order valence-corrected chi connectivity index (χ0v) is 18.1. The molecule has 4 rings (SSSR count).